The van der Waals surface area contributed by atoms with Gasteiger partial charge in [-0.05, 0) is 67.0 Å². The maximum absolute atomic E-state index is 11.6. The number of carbonyl (C=O) groups excluding carboxylic acids is 1. The summed E-state index contributed by atoms with van der Waals surface area (Å²) in [6, 6.07) is 14.8. The molecule has 3 rings (SSSR count). The quantitative estimate of drug-likeness (QED) is 0.267. The number of carbonyl (C=O) groups is 1. The molecule has 7 N–H and O–H groups in total. The zero-order valence-electron chi connectivity index (χ0n) is 17.9. The van der Waals surface area contributed by atoms with E-state index in [1.165, 1.54) is 0 Å². The van der Waals surface area contributed by atoms with Crippen molar-refractivity contribution in [2.24, 2.45) is 28.1 Å². The van der Waals surface area contributed by atoms with E-state index in [9.17, 15) is 9.90 Å². The van der Waals surface area contributed by atoms with Crippen molar-refractivity contribution in [3.8, 4) is 11.5 Å². The van der Waals surface area contributed by atoms with Gasteiger partial charge in [0.1, 0.15) is 18.1 Å². The monoisotopic (exact) mass is 462 g/mol. The van der Waals surface area contributed by atoms with Crippen molar-refractivity contribution in [1.29, 1.82) is 0 Å². The smallest absolute Gasteiger partial charge is 0.286 e. The number of aliphatic imine (C=N–C) groups is 1. The highest BCUT2D eigenvalue weighted by molar-refractivity contribution is 5.92. The Hall–Kier alpha value is -2.81. The number of rotatable bonds is 8. The number of aryl methyl sites for hydroxylation is 1. The van der Waals surface area contributed by atoms with Crippen LogP contribution >= 0.6 is 12.4 Å². The first-order chi connectivity index (χ1) is 14.9. The number of nitrogens with zero attached hydrogens (tertiary/aromatic N) is 1. The van der Waals surface area contributed by atoms with E-state index >= 15 is 0 Å². The fourth-order valence-corrected chi connectivity index (χ4v) is 3.90. The number of guanidine groups is 1. The average molecular weight is 463 g/mol. The minimum absolute atomic E-state index is 0. The van der Waals surface area contributed by atoms with Crippen LogP contribution in [0.25, 0.3) is 0 Å². The normalized spacial score (nSPS) is 18.3. The maximum atomic E-state index is 11.6. The third-order valence-electron chi connectivity index (χ3n) is 5.38. The van der Waals surface area contributed by atoms with Gasteiger partial charge in [-0.25, -0.2) is 0 Å². The number of ether oxygens (including phenoxy) is 2. The summed E-state index contributed by atoms with van der Waals surface area (Å²) in [6.45, 7) is -0.0406. The van der Waals surface area contributed by atoms with Crippen molar-refractivity contribution in [3.63, 3.8) is 0 Å². The van der Waals surface area contributed by atoms with E-state index < -0.39 is 12.0 Å². The van der Waals surface area contributed by atoms with Crippen LogP contribution in [0.5, 0.6) is 11.5 Å². The summed E-state index contributed by atoms with van der Waals surface area (Å²) in [7, 11) is 0. The lowest BCUT2D eigenvalue weighted by molar-refractivity contribution is -0.119. The molecule has 2 unspecified atom stereocenters. The van der Waals surface area contributed by atoms with Gasteiger partial charge in [0.2, 0.25) is 0 Å². The number of aliphatic hydroxyl groups excluding tert-OH is 1. The van der Waals surface area contributed by atoms with Gasteiger partial charge < -0.3 is 31.8 Å². The van der Waals surface area contributed by atoms with Crippen molar-refractivity contribution in [3.05, 3.63) is 59.7 Å². The Labute approximate surface area is 194 Å². The Kier molecular flexibility index (Phi) is 9.77. The molecule has 3 atom stereocenters. The van der Waals surface area contributed by atoms with Crippen LogP contribution in [-0.4, -0.2) is 36.3 Å². The van der Waals surface area contributed by atoms with Gasteiger partial charge in [-0.15, -0.1) is 12.4 Å². The van der Waals surface area contributed by atoms with Crippen molar-refractivity contribution in [1.82, 2.24) is 0 Å². The van der Waals surface area contributed by atoms with Gasteiger partial charge in [-0.2, -0.15) is 4.99 Å². The molecule has 0 saturated heterocycles. The first kappa shape index (κ1) is 25.5. The second-order valence-corrected chi connectivity index (χ2v) is 7.77. The lowest BCUT2D eigenvalue weighted by Gasteiger charge is -2.25. The molecule has 1 aliphatic rings. The fraction of sp³-hybridized carbons (Fsp3) is 0.391. The highest BCUT2D eigenvalue weighted by atomic mass is 35.5. The highest BCUT2D eigenvalue weighted by Gasteiger charge is 2.27. The van der Waals surface area contributed by atoms with Crippen LogP contribution in [-0.2, 0) is 11.2 Å². The number of aliphatic hydroxyl groups is 1. The van der Waals surface area contributed by atoms with Crippen molar-refractivity contribution >= 4 is 24.3 Å². The molecule has 174 valence electrons. The molecule has 2 aromatic carbocycles. The zero-order valence-corrected chi connectivity index (χ0v) is 18.7. The number of hydrogen-bond donors (Lipinski definition) is 4. The molecule has 0 spiro atoms. The topological polar surface area (TPSA) is 146 Å². The molecule has 9 heteroatoms. The lowest BCUT2D eigenvalue weighted by Crippen LogP contribution is -2.28. The molecular formula is C23H31ClN4O4. The molecule has 0 aliphatic heterocycles. The second kappa shape index (κ2) is 12.3. The molecule has 1 amide bonds. The predicted molar refractivity (Wildman–Crippen MR) is 126 cm³/mol. The maximum Gasteiger partial charge on any atom is 0.286 e. The van der Waals surface area contributed by atoms with Crippen molar-refractivity contribution in [2.45, 2.75) is 37.8 Å². The van der Waals surface area contributed by atoms with Gasteiger partial charge in [0, 0.05) is 6.04 Å². The van der Waals surface area contributed by atoms with Crippen LogP contribution in [0.4, 0.5) is 0 Å². The Morgan fingerprint density at radius 2 is 1.88 bits per heavy atom. The Morgan fingerprint density at radius 3 is 2.59 bits per heavy atom. The number of hydrogen-bond acceptors (Lipinski definition) is 5. The number of para-hydroxylation sites is 1. The summed E-state index contributed by atoms with van der Waals surface area (Å²) in [5.41, 5.74) is 19.2. The van der Waals surface area contributed by atoms with Crippen molar-refractivity contribution < 1.29 is 19.4 Å². The largest absolute Gasteiger partial charge is 0.491 e. The molecule has 0 aromatic heterocycles. The minimum atomic E-state index is -0.616. The van der Waals surface area contributed by atoms with Crippen LogP contribution in [0, 0.1) is 5.92 Å². The highest BCUT2D eigenvalue weighted by Crippen LogP contribution is 2.36. The summed E-state index contributed by atoms with van der Waals surface area (Å²) >= 11 is 0. The number of halogens is 1. The summed E-state index contributed by atoms with van der Waals surface area (Å²) in [5.74, 6) is 0.513. The van der Waals surface area contributed by atoms with E-state index in [0.29, 0.717) is 12.2 Å². The first-order valence-corrected chi connectivity index (χ1v) is 10.4. The number of amides is 1. The van der Waals surface area contributed by atoms with Crippen LogP contribution in [0.3, 0.4) is 0 Å². The number of nitrogens with two attached hydrogens (primary N) is 3. The van der Waals surface area contributed by atoms with E-state index in [0.717, 1.165) is 36.1 Å². The van der Waals surface area contributed by atoms with E-state index in [1.807, 2.05) is 48.5 Å². The minimum Gasteiger partial charge on any atom is -0.491 e. The van der Waals surface area contributed by atoms with Crippen LogP contribution in [0.1, 0.15) is 36.4 Å². The standard InChI is InChI=1S/C23H30N4O4.ClH/c24-22-16(11-17(28)13-30-18-7-2-1-3-8-18)6-4-5-15-9-10-19(12-20(15)22)31-14-21(29)27-23(25)26;/h1-3,7-10,12,16-17,22,28H,4-6,11,13-14,24H2,(H4,25,26,27,29);1H/t16?,17-,22?;/m0./s1. The Bertz CT molecular complexity index is 906. The van der Waals surface area contributed by atoms with Gasteiger partial charge in [-0.1, -0.05) is 24.3 Å². The lowest BCUT2D eigenvalue weighted by atomic mass is 9.87. The van der Waals surface area contributed by atoms with Crippen LogP contribution < -0.4 is 26.7 Å². The summed E-state index contributed by atoms with van der Waals surface area (Å²) < 4.78 is 11.2. The van der Waals surface area contributed by atoms with E-state index in [2.05, 4.69) is 4.99 Å². The molecule has 1 aliphatic carbocycles. The van der Waals surface area contributed by atoms with E-state index in [1.54, 1.807) is 0 Å². The first-order valence-electron chi connectivity index (χ1n) is 10.4. The zero-order chi connectivity index (χ0) is 22.2. The Balaban J connectivity index is 0.00000363. The SMILES string of the molecule is Cl.NC(N)=NC(=O)COc1ccc2c(c1)C(N)C(C[C@H](O)COc1ccccc1)CCC2. The Morgan fingerprint density at radius 1 is 1.12 bits per heavy atom. The molecule has 0 radical (unpaired) electrons. The van der Waals surface area contributed by atoms with Gasteiger partial charge in [-0.3, -0.25) is 4.79 Å². The molecule has 0 heterocycles. The molecule has 32 heavy (non-hydrogen) atoms. The van der Waals surface area contributed by atoms with E-state index in [-0.39, 0.29) is 43.5 Å². The molecule has 0 bridgehead atoms. The molecule has 8 nitrogen and oxygen atoms in total. The number of fused-ring (bicyclic) bond motifs is 1. The van der Waals surface area contributed by atoms with Gasteiger partial charge in [0.05, 0.1) is 6.10 Å². The molecule has 0 saturated carbocycles. The molecule has 0 fully saturated rings. The summed E-state index contributed by atoms with van der Waals surface area (Å²) in [5, 5.41) is 10.5. The van der Waals surface area contributed by atoms with Crippen LogP contribution in [0.15, 0.2) is 53.5 Å². The fourth-order valence-electron chi connectivity index (χ4n) is 3.90. The second-order valence-electron chi connectivity index (χ2n) is 7.77. The average Bonchev–Trinajstić information content (AvgIpc) is 2.90. The van der Waals surface area contributed by atoms with Crippen LogP contribution in [0.2, 0.25) is 0 Å². The number of benzene rings is 2. The molecular weight excluding hydrogens is 432 g/mol. The van der Waals surface area contributed by atoms with Gasteiger partial charge >= 0.3 is 0 Å². The van der Waals surface area contributed by atoms with E-state index in [4.69, 9.17) is 26.7 Å². The third-order valence-corrected chi connectivity index (χ3v) is 5.38. The van der Waals surface area contributed by atoms with Crippen molar-refractivity contribution in [2.75, 3.05) is 13.2 Å². The summed E-state index contributed by atoms with van der Waals surface area (Å²) in [6.07, 6.45) is 2.73. The van der Waals surface area contributed by atoms with Gasteiger partial charge in [0.25, 0.3) is 5.91 Å². The molecule has 2 aromatic rings. The summed E-state index contributed by atoms with van der Waals surface area (Å²) in [4.78, 5) is 15.1. The predicted octanol–water partition coefficient (Wildman–Crippen LogP) is 2.07. The van der Waals surface area contributed by atoms with Gasteiger partial charge in [0.15, 0.2) is 12.6 Å². The third kappa shape index (κ3) is 7.40.